The normalized spacial score (nSPS) is 13.5. The lowest BCUT2D eigenvalue weighted by Gasteiger charge is -2.16. The first-order chi connectivity index (χ1) is 9.03. The SMILES string of the molecule is CCC(O)c1cnn(CC(F)(F)c2ccccc2)c1. The number of aliphatic hydroxyl groups is 1. The molecule has 2 aromatic rings. The van der Waals surface area contributed by atoms with Crippen molar-refractivity contribution in [3.63, 3.8) is 0 Å². The van der Waals surface area contributed by atoms with Crippen molar-refractivity contribution in [2.24, 2.45) is 0 Å². The molecule has 0 saturated carbocycles. The lowest BCUT2D eigenvalue weighted by atomic mass is 10.1. The highest BCUT2D eigenvalue weighted by Crippen LogP contribution is 2.29. The Hall–Kier alpha value is -1.75. The average molecular weight is 266 g/mol. The smallest absolute Gasteiger partial charge is 0.292 e. The predicted octanol–water partition coefficient (Wildman–Crippen LogP) is 3.12. The Morgan fingerprint density at radius 1 is 1.32 bits per heavy atom. The summed E-state index contributed by atoms with van der Waals surface area (Å²) in [4.78, 5) is 0. The van der Waals surface area contributed by atoms with Crippen LogP contribution in [0.4, 0.5) is 8.78 Å². The molecule has 19 heavy (non-hydrogen) atoms. The van der Waals surface area contributed by atoms with Crippen molar-refractivity contribution in [1.82, 2.24) is 9.78 Å². The molecule has 0 bridgehead atoms. The fraction of sp³-hybridized carbons (Fsp3) is 0.357. The monoisotopic (exact) mass is 266 g/mol. The molecule has 1 aromatic carbocycles. The van der Waals surface area contributed by atoms with Crippen molar-refractivity contribution < 1.29 is 13.9 Å². The second-order valence-corrected chi connectivity index (χ2v) is 4.47. The van der Waals surface area contributed by atoms with Gasteiger partial charge in [0.2, 0.25) is 0 Å². The van der Waals surface area contributed by atoms with Crippen LogP contribution in [0, 0.1) is 0 Å². The van der Waals surface area contributed by atoms with E-state index >= 15 is 0 Å². The van der Waals surface area contributed by atoms with Gasteiger partial charge in [0, 0.05) is 17.3 Å². The Labute approximate surface area is 110 Å². The molecule has 0 fully saturated rings. The first kappa shape index (κ1) is 13.7. The van der Waals surface area contributed by atoms with Crippen LogP contribution in [0.3, 0.4) is 0 Å². The van der Waals surface area contributed by atoms with Gasteiger partial charge < -0.3 is 5.11 Å². The molecule has 1 unspecified atom stereocenters. The van der Waals surface area contributed by atoms with Gasteiger partial charge in [0.1, 0.15) is 6.54 Å². The molecule has 0 saturated heterocycles. The molecule has 102 valence electrons. The highest BCUT2D eigenvalue weighted by atomic mass is 19.3. The maximum Gasteiger partial charge on any atom is 0.292 e. The highest BCUT2D eigenvalue weighted by molar-refractivity contribution is 5.20. The molecule has 0 aliphatic heterocycles. The van der Waals surface area contributed by atoms with Crippen LogP contribution >= 0.6 is 0 Å². The molecule has 0 aliphatic carbocycles. The van der Waals surface area contributed by atoms with E-state index in [1.54, 1.807) is 18.2 Å². The average Bonchev–Trinajstić information content (AvgIpc) is 2.86. The lowest BCUT2D eigenvalue weighted by molar-refractivity contribution is -0.0254. The topological polar surface area (TPSA) is 38.1 Å². The Kier molecular flexibility index (Phi) is 3.95. The zero-order valence-electron chi connectivity index (χ0n) is 10.6. The zero-order valence-corrected chi connectivity index (χ0v) is 10.6. The predicted molar refractivity (Wildman–Crippen MR) is 67.8 cm³/mol. The van der Waals surface area contributed by atoms with E-state index in [4.69, 9.17) is 0 Å². The number of aliphatic hydroxyl groups excluding tert-OH is 1. The molecule has 1 aromatic heterocycles. The molecule has 5 heteroatoms. The minimum Gasteiger partial charge on any atom is -0.388 e. The van der Waals surface area contributed by atoms with Gasteiger partial charge in [-0.15, -0.1) is 0 Å². The summed E-state index contributed by atoms with van der Waals surface area (Å²) in [5.41, 5.74) is 0.523. The molecule has 0 radical (unpaired) electrons. The third-order valence-electron chi connectivity index (χ3n) is 2.98. The highest BCUT2D eigenvalue weighted by Gasteiger charge is 2.32. The van der Waals surface area contributed by atoms with Crippen LogP contribution in [0.2, 0.25) is 0 Å². The van der Waals surface area contributed by atoms with Crippen molar-refractivity contribution in [2.75, 3.05) is 0 Å². The molecule has 0 aliphatic rings. The minimum atomic E-state index is -2.98. The molecular weight excluding hydrogens is 250 g/mol. The summed E-state index contributed by atoms with van der Waals surface area (Å²) in [6.07, 6.45) is 2.76. The molecule has 1 heterocycles. The summed E-state index contributed by atoms with van der Waals surface area (Å²) in [6.45, 7) is 1.29. The van der Waals surface area contributed by atoms with Gasteiger partial charge in [-0.3, -0.25) is 4.68 Å². The molecule has 2 rings (SSSR count). The largest absolute Gasteiger partial charge is 0.388 e. The first-order valence-electron chi connectivity index (χ1n) is 6.16. The van der Waals surface area contributed by atoms with Crippen LogP contribution in [-0.4, -0.2) is 14.9 Å². The van der Waals surface area contributed by atoms with Crippen LogP contribution in [0.1, 0.15) is 30.6 Å². The van der Waals surface area contributed by atoms with Gasteiger partial charge >= 0.3 is 0 Å². The number of nitrogens with zero attached hydrogens (tertiary/aromatic N) is 2. The number of rotatable bonds is 5. The second-order valence-electron chi connectivity index (χ2n) is 4.47. The van der Waals surface area contributed by atoms with Crippen molar-refractivity contribution >= 4 is 0 Å². The van der Waals surface area contributed by atoms with Gasteiger partial charge in [-0.05, 0) is 6.42 Å². The van der Waals surface area contributed by atoms with Crippen LogP contribution in [0.15, 0.2) is 42.7 Å². The number of alkyl halides is 2. The number of aromatic nitrogens is 2. The van der Waals surface area contributed by atoms with E-state index in [1.807, 2.05) is 6.92 Å². The molecule has 1 N–H and O–H groups in total. The van der Waals surface area contributed by atoms with E-state index in [0.29, 0.717) is 12.0 Å². The van der Waals surface area contributed by atoms with Gasteiger partial charge in [-0.25, -0.2) is 0 Å². The van der Waals surface area contributed by atoms with Crippen LogP contribution in [0.25, 0.3) is 0 Å². The Bertz CT molecular complexity index is 525. The molecule has 0 spiro atoms. The summed E-state index contributed by atoms with van der Waals surface area (Å²) >= 11 is 0. The fourth-order valence-corrected chi connectivity index (χ4v) is 1.85. The van der Waals surface area contributed by atoms with Crippen molar-refractivity contribution in [3.05, 3.63) is 53.9 Å². The standard InChI is InChI=1S/C14H16F2N2O/c1-2-13(19)11-8-17-18(9-11)10-14(15,16)12-6-4-3-5-7-12/h3-9,13,19H,2,10H2,1H3. The second kappa shape index (κ2) is 5.48. The van der Waals surface area contributed by atoms with Crippen molar-refractivity contribution in [3.8, 4) is 0 Å². The molecule has 0 amide bonds. The maximum absolute atomic E-state index is 14.0. The zero-order chi connectivity index (χ0) is 13.9. The van der Waals surface area contributed by atoms with Gasteiger partial charge in [0.05, 0.1) is 12.3 Å². The van der Waals surface area contributed by atoms with Gasteiger partial charge in [-0.1, -0.05) is 37.3 Å². The molecule has 1 atom stereocenters. The van der Waals surface area contributed by atoms with E-state index in [2.05, 4.69) is 5.10 Å². The molecular formula is C14H16F2N2O. The third-order valence-corrected chi connectivity index (χ3v) is 2.98. The van der Waals surface area contributed by atoms with Gasteiger partial charge in [0.15, 0.2) is 0 Å². The van der Waals surface area contributed by atoms with Crippen molar-refractivity contribution in [1.29, 1.82) is 0 Å². The van der Waals surface area contributed by atoms with E-state index < -0.39 is 18.6 Å². The van der Waals surface area contributed by atoms with Gasteiger partial charge in [-0.2, -0.15) is 13.9 Å². The van der Waals surface area contributed by atoms with E-state index in [9.17, 15) is 13.9 Å². The quantitative estimate of drug-likeness (QED) is 0.903. The van der Waals surface area contributed by atoms with E-state index in [0.717, 1.165) is 0 Å². The number of halogens is 2. The Balaban J connectivity index is 2.14. The van der Waals surface area contributed by atoms with Crippen molar-refractivity contribution in [2.45, 2.75) is 31.9 Å². The van der Waals surface area contributed by atoms with Gasteiger partial charge in [0.25, 0.3) is 5.92 Å². The van der Waals surface area contributed by atoms with Crippen LogP contribution in [-0.2, 0) is 12.5 Å². The van der Waals surface area contributed by atoms with E-state index in [1.165, 1.54) is 29.2 Å². The summed E-state index contributed by atoms with van der Waals surface area (Å²) < 4.78 is 29.2. The number of benzene rings is 1. The third kappa shape index (κ3) is 3.17. The number of hydrogen-bond donors (Lipinski definition) is 1. The van der Waals surface area contributed by atoms with Crippen LogP contribution in [0.5, 0.6) is 0 Å². The summed E-state index contributed by atoms with van der Waals surface area (Å²) in [5.74, 6) is -2.98. The first-order valence-corrected chi connectivity index (χ1v) is 6.16. The summed E-state index contributed by atoms with van der Waals surface area (Å²) in [7, 11) is 0. The fourth-order valence-electron chi connectivity index (χ4n) is 1.85. The number of hydrogen-bond acceptors (Lipinski definition) is 2. The molecule has 3 nitrogen and oxygen atoms in total. The van der Waals surface area contributed by atoms with E-state index in [-0.39, 0.29) is 5.56 Å². The van der Waals surface area contributed by atoms with Crippen LogP contribution < -0.4 is 0 Å². The summed E-state index contributed by atoms with van der Waals surface area (Å²) in [6, 6.07) is 7.65. The Morgan fingerprint density at radius 3 is 2.63 bits per heavy atom. The maximum atomic E-state index is 14.0. The lowest BCUT2D eigenvalue weighted by Crippen LogP contribution is -2.21. The minimum absolute atomic E-state index is 0.0388. The summed E-state index contributed by atoms with van der Waals surface area (Å²) in [5, 5.41) is 13.5. The Morgan fingerprint density at radius 2 is 2.00 bits per heavy atom.